The van der Waals surface area contributed by atoms with Crippen molar-refractivity contribution in [1.82, 2.24) is 0 Å². The van der Waals surface area contributed by atoms with Gasteiger partial charge in [0.05, 0.1) is 0 Å². The summed E-state index contributed by atoms with van der Waals surface area (Å²) in [6.45, 7) is 2.04. The predicted molar refractivity (Wildman–Crippen MR) is 64.3 cm³/mol. The molecule has 76 valence electrons. The molecule has 0 unspecified atom stereocenters. The van der Waals surface area contributed by atoms with E-state index in [0.717, 1.165) is 15.6 Å². The van der Waals surface area contributed by atoms with Gasteiger partial charge < -0.3 is 0 Å². The summed E-state index contributed by atoms with van der Waals surface area (Å²) < 4.78 is 13.8. The van der Waals surface area contributed by atoms with Gasteiger partial charge in [-0.05, 0) is 41.8 Å². The molecule has 2 heteroatoms. The van der Waals surface area contributed by atoms with Crippen LogP contribution in [0.4, 0.5) is 4.39 Å². The summed E-state index contributed by atoms with van der Waals surface area (Å²) in [5.41, 5.74) is 3.34. The summed E-state index contributed by atoms with van der Waals surface area (Å²) in [5, 5.41) is 0. The number of rotatable bonds is 1. The normalized spacial score (nSPS) is 10.3. The number of hydrogen-bond donors (Lipinski definition) is 0. The van der Waals surface area contributed by atoms with Crippen molar-refractivity contribution in [2.45, 2.75) is 6.92 Å². The molecule has 0 atom stereocenters. The van der Waals surface area contributed by atoms with Crippen molar-refractivity contribution in [2.24, 2.45) is 0 Å². The maximum Gasteiger partial charge on any atom is 0.123 e. The van der Waals surface area contributed by atoms with E-state index in [1.54, 1.807) is 12.1 Å². The first-order valence-corrected chi connectivity index (χ1v) is 5.49. The van der Waals surface area contributed by atoms with E-state index in [0.29, 0.717) is 0 Å². The molecule has 0 nitrogen and oxygen atoms in total. The summed E-state index contributed by atoms with van der Waals surface area (Å²) in [7, 11) is 0. The Morgan fingerprint density at radius 3 is 2.33 bits per heavy atom. The molecule has 0 aliphatic carbocycles. The van der Waals surface area contributed by atoms with Crippen LogP contribution in [0.25, 0.3) is 11.1 Å². The van der Waals surface area contributed by atoms with Crippen molar-refractivity contribution in [3.63, 3.8) is 0 Å². The third-order valence-corrected chi connectivity index (χ3v) is 3.28. The molecule has 15 heavy (non-hydrogen) atoms. The molecule has 0 fully saturated rings. The van der Waals surface area contributed by atoms with Crippen LogP contribution in [0.3, 0.4) is 0 Å². The van der Waals surface area contributed by atoms with Crippen molar-refractivity contribution in [3.8, 4) is 11.1 Å². The van der Waals surface area contributed by atoms with Gasteiger partial charge >= 0.3 is 0 Å². The van der Waals surface area contributed by atoms with Crippen LogP contribution in [0.15, 0.2) is 46.9 Å². The van der Waals surface area contributed by atoms with Crippen LogP contribution >= 0.6 is 15.9 Å². The van der Waals surface area contributed by atoms with Gasteiger partial charge in [0.2, 0.25) is 0 Å². The lowest BCUT2D eigenvalue weighted by Crippen LogP contribution is -1.84. The Bertz CT molecular complexity index is 474. The summed E-state index contributed by atoms with van der Waals surface area (Å²) in [4.78, 5) is 0. The van der Waals surface area contributed by atoms with Gasteiger partial charge in [0.1, 0.15) is 5.82 Å². The molecule has 0 radical (unpaired) electrons. The Morgan fingerprint density at radius 1 is 1.00 bits per heavy atom. The zero-order valence-corrected chi connectivity index (χ0v) is 9.88. The van der Waals surface area contributed by atoms with E-state index in [9.17, 15) is 4.39 Å². The van der Waals surface area contributed by atoms with Crippen LogP contribution < -0.4 is 0 Å². The lowest BCUT2D eigenvalue weighted by atomic mass is 10.0. The first-order valence-electron chi connectivity index (χ1n) is 4.69. The summed E-state index contributed by atoms with van der Waals surface area (Å²) in [5.74, 6) is -0.202. The van der Waals surface area contributed by atoms with E-state index in [1.165, 1.54) is 17.7 Å². The Morgan fingerprint density at radius 2 is 1.67 bits per heavy atom. The average molecular weight is 265 g/mol. The molecular formula is C13H10BrF. The lowest BCUT2D eigenvalue weighted by Gasteiger charge is -2.07. The van der Waals surface area contributed by atoms with Crippen molar-refractivity contribution in [1.29, 1.82) is 0 Å². The highest BCUT2D eigenvalue weighted by atomic mass is 79.9. The van der Waals surface area contributed by atoms with E-state index >= 15 is 0 Å². The van der Waals surface area contributed by atoms with Crippen LogP contribution in [0, 0.1) is 12.7 Å². The molecule has 0 amide bonds. The topological polar surface area (TPSA) is 0 Å². The van der Waals surface area contributed by atoms with Crippen LogP contribution in [-0.2, 0) is 0 Å². The molecule has 0 saturated heterocycles. The minimum atomic E-state index is -0.202. The molecule has 0 bridgehead atoms. The van der Waals surface area contributed by atoms with Gasteiger partial charge in [0, 0.05) is 4.47 Å². The molecular weight excluding hydrogens is 255 g/mol. The van der Waals surface area contributed by atoms with Gasteiger partial charge in [-0.1, -0.05) is 40.2 Å². The van der Waals surface area contributed by atoms with E-state index in [1.807, 2.05) is 25.1 Å². The molecule has 0 spiro atoms. The quantitative estimate of drug-likeness (QED) is 0.708. The van der Waals surface area contributed by atoms with Gasteiger partial charge in [-0.2, -0.15) is 0 Å². The van der Waals surface area contributed by atoms with Crippen molar-refractivity contribution >= 4 is 15.9 Å². The van der Waals surface area contributed by atoms with Crippen molar-refractivity contribution in [3.05, 3.63) is 58.3 Å². The van der Waals surface area contributed by atoms with E-state index < -0.39 is 0 Å². The molecule has 0 aliphatic rings. The monoisotopic (exact) mass is 264 g/mol. The van der Waals surface area contributed by atoms with Gasteiger partial charge in [-0.25, -0.2) is 4.39 Å². The third kappa shape index (κ3) is 2.10. The van der Waals surface area contributed by atoms with Gasteiger partial charge in [0.15, 0.2) is 0 Å². The maximum atomic E-state index is 12.8. The fourth-order valence-electron chi connectivity index (χ4n) is 1.55. The van der Waals surface area contributed by atoms with Crippen molar-refractivity contribution in [2.75, 3.05) is 0 Å². The minimum Gasteiger partial charge on any atom is -0.207 e. The Kier molecular flexibility index (Phi) is 2.87. The van der Waals surface area contributed by atoms with Gasteiger partial charge in [-0.3, -0.25) is 0 Å². The molecule has 0 aromatic heterocycles. The molecule has 0 N–H and O–H groups in total. The highest BCUT2D eigenvalue weighted by Crippen LogP contribution is 2.28. The summed E-state index contributed by atoms with van der Waals surface area (Å²) >= 11 is 3.48. The summed E-state index contributed by atoms with van der Waals surface area (Å²) in [6.07, 6.45) is 0. The SMILES string of the molecule is Cc1c(Br)cccc1-c1ccc(F)cc1. The average Bonchev–Trinajstić information content (AvgIpc) is 2.24. The standard InChI is InChI=1S/C13H10BrF/c1-9-12(3-2-4-13(9)14)10-5-7-11(15)8-6-10/h2-8H,1H3. The maximum absolute atomic E-state index is 12.8. The zero-order chi connectivity index (χ0) is 10.8. The van der Waals surface area contributed by atoms with Crippen LogP contribution in [0.5, 0.6) is 0 Å². The fourth-order valence-corrected chi connectivity index (χ4v) is 1.92. The predicted octanol–water partition coefficient (Wildman–Crippen LogP) is 4.56. The second-order valence-corrected chi connectivity index (χ2v) is 4.27. The van der Waals surface area contributed by atoms with E-state index in [4.69, 9.17) is 0 Å². The largest absolute Gasteiger partial charge is 0.207 e. The molecule has 0 aliphatic heterocycles. The Labute approximate surface area is 96.9 Å². The molecule has 2 aromatic rings. The molecule has 2 rings (SSSR count). The number of benzene rings is 2. The Balaban J connectivity index is 2.54. The highest BCUT2D eigenvalue weighted by molar-refractivity contribution is 9.10. The van der Waals surface area contributed by atoms with Gasteiger partial charge in [-0.15, -0.1) is 0 Å². The van der Waals surface area contributed by atoms with Crippen molar-refractivity contribution < 1.29 is 4.39 Å². The minimum absolute atomic E-state index is 0.202. The molecule has 2 aromatic carbocycles. The van der Waals surface area contributed by atoms with Crippen LogP contribution in [-0.4, -0.2) is 0 Å². The zero-order valence-electron chi connectivity index (χ0n) is 8.30. The Hall–Kier alpha value is -1.15. The third-order valence-electron chi connectivity index (χ3n) is 2.42. The first kappa shape index (κ1) is 10.4. The van der Waals surface area contributed by atoms with E-state index in [2.05, 4.69) is 15.9 Å². The van der Waals surface area contributed by atoms with Crippen LogP contribution in [0.1, 0.15) is 5.56 Å². The van der Waals surface area contributed by atoms with Crippen LogP contribution in [0.2, 0.25) is 0 Å². The second-order valence-electron chi connectivity index (χ2n) is 3.42. The highest BCUT2D eigenvalue weighted by Gasteiger charge is 2.03. The van der Waals surface area contributed by atoms with E-state index in [-0.39, 0.29) is 5.82 Å². The fraction of sp³-hybridized carbons (Fsp3) is 0.0769. The smallest absolute Gasteiger partial charge is 0.123 e. The second kappa shape index (κ2) is 4.15. The summed E-state index contributed by atoms with van der Waals surface area (Å²) in [6, 6.07) is 12.6. The van der Waals surface area contributed by atoms with Gasteiger partial charge in [0.25, 0.3) is 0 Å². The molecule has 0 saturated carbocycles. The first-order chi connectivity index (χ1) is 7.18. The number of halogens is 2. The number of hydrogen-bond acceptors (Lipinski definition) is 0. The molecule has 0 heterocycles. The lowest BCUT2D eigenvalue weighted by molar-refractivity contribution is 0.628.